The van der Waals surface area contributed by atoms with E-state index >= 15 is 0 Å². The van der Waals surface area contributed by atoms with E-state index in [1.165, 1.54) is 0 Å². The molecule has 1 heteroatoms. The minimum atomic E-state index is -0.389. The molecule has 9 aromatic carbocycles. The summed E-state index contributed by atoms with van der Waals surface area (Å²) in [4.78, 5) is 0. The van der Waals surface area contributed by atoms with Crippen molar-refractivity contribution in [3.05, 3.63) is 170 Å². The van der Waals surface area contributed by atoms with Gasteiger partial charge in [-0.25, -0.2) is 0 Å². The van der Waals surface area contributed by atoms with Gasteiger partial charge in [0, 0.05) is 10.8 Å². The number of hydrogen-bond acceptors (Lipinski definition) is 1. The first-order valence-electron chi connectivity index (χ1n) is 19.1. The minimum Gasteiger partial charge on any atom is -0.456 e. The lowest BCUT2D eigenvalue weighted by Crippen LogP contribution is -1.92. The van der Waals surface area contributed by atoms with Crippen molar-refractivity contribution in [3.8, 4) is 33.4 Å². The molecule has 0 aliphatic carbocycles. The summed E-state index contributed by atoms with van der Waals surface area (Å²) in [6.45, 7) is 0. The Morgan fingerprint density at radius 2 is 0.957 bits per heavy atom. The molecule has 0 amide bonds. The summed E-state index contributed by atoms with van der Waals surface area (Å²) in [6.07, 6.45) is 0. The number of fused-ring (bicyclic) bond motifs is 7. The van der Waals surface area contributed by atoms with E-state index in [-0.39, 0.29) is 47.7 Å². The van der Waals surface area contributed by atoms with E-state index in [1.54, 1.807) is 6.07 Å². The lowest BCUT2D eigenvalue weighted by molar-refractivity contribution is 0.669. The number of benzene rings is 9. The molecule has 0 aliphatic heterocycles. The summed E-state index contributed by atoms with van der Waals surface area (Å²) in [6, 6.07) is 39.6. The molecule has 0 radical (unpaired) electrons. The van der Waals surface area contributed by atoms with Gasteiger partial charge in [-0.05, 0) is 94.7 Å². The molecule has 0 spiro atoms. The first-order chi connectivity index (χ1) is 26.2. The van der Waals surface area contributed by atoms with Crippen LogP contribution in [0.3, 0.4) is 0 Å². The van der Waals surface area contributed by atoms with Crippen molar-refractivity contribution in [1.82, 2.24) is 0 Å². The molecule has 1 heterocycles. The fourth-order valence-corrected chi connectivity index (χ4v) is 7.35. The van der Waals surface area contributed by atoms with Crippen molar-refractivity contribution in [3.63, 3.8) is 0 Å². The van der Waals surface area contributed by atoms with E-state index in [0.29, 0.717) is 49.6 Å². The quantitative estimate of drug-likeness (QED) is 0.183. The summed E-state index contributed by atoms with van der Waals surface area (Å²) in [5, 5.41) is 7.09. The van der Waals surface area contributed by atoms with Crippen LogP contribution in [0.15, 0.2) is 174 Å². The molecule has 1 aromatic heterocycles. The van der Waals surface area contributed by atoms with Crippen molar-refractivity contribution in [2.45, 2.75) is 0 Å². The molecule has 0 unspecified atom stereocenters. The van der Waals surface area contributed by atoms with Gasteiger partial charge in [0.25, 0.3) is 0 Å². The van der Waals surface area contributed by atoms with E-state index in [4.69, 9.17) is 9.90 Å². The maximum atomic E-state index is 9.45. The normalized spacial score (nSPS) is 13.9. The summed E-state index contributed by atoms with van der Waals surface area (Å²) >= 11 is 0. The molecule has 0 atom stereocenters. The number of para-hydroxylation sites is 1. The van der Waals surface area contributed by atoms with Crippen LogP contribution in [0, 0.1) is 0 Å². The SMILES string of the molecule is [2H]c1cc2c(-c3ccc(-c4cccc5ccccc45)c4ccccc34)c3c([2H])c([2H])c([2H])c([2H])c3c(-c3ccc4oc5ccccc5c4c3)c2c([2H])c1[2H]. The standard InChI is InChI=1S/C46H28O/c1-2-14-31-29(12-1)13-11-22-32(31)35-25-26-41(34-16-4-3-15-33(34)35)46-39-20-7-5-18-37(39)45(38-19-6-8-21-40(38)46)30-24-27-44-42(28-30)36-17-9-10-23-43(36)47-44/h1-28H/i5D,6D,7D,8D,18D,19D,20D. The maximum absolute atomic E-state index is 9.45. The lowest BCUT2D eigenvalue weighted by Gasteiger charge is -2.20. The first-order valence-corrected chi connectivity index (χ1v) is 15.6. The third-order valence-corrected chi connectivity index (χ3v) is 9.39. The highest BCUT2D eigenvalue weighted by Gasteiger charge is 2.20. The van der Waals surface area contributed by atoms with Gasteiger partial charge in [-0.15, -0.1) is 0 Å². The molecule has 218 valence electrons. The van der Waals surface area contributed by atoms with Gasteiger partial charge in [-0.2, -0.15) is 0 Å². The van der Waals surface area contributed by atoms with Crippen molar-refractivity contribution in [2.75, 3.05) is 0 Å². The van der Waals surface area contributed by atoms with Crippen LogP contribution in [-0.4, -0.2) is 0 Å². The van der Waals surface area contributed by atoms with E-state index in [2.05, 4.69) is 36.4 Å². The molecule has 0 N–H and O–H groups in total. The Hall–Kier alpha value is -6.18. The van der Waals surface area contributed by atoms with Crippen LogP contribution < -0.4 is 0 Å². The molecule has 10 rings (SSSR count). The number of furan rings is 1. The van der Waals surface area contributed by atoms with E-state index in [1.807, 2.05) is 84.9 Å². The van der Waals surface area contributed by atoms with Crippen LogP contribution >= 0.6 is 0 Å². The molecule has 0 aliphatic rings. The largest absolute Gasteiger partial charge is 0.456 e. The molecule has 0 saturated heterocycles. The summed E-state index contributed by atoms with van der Waals surface area (Å²) < 4.78 is 69.8. The van der Waals surface area contributed by atoms with Gasteiger partial charge in [0.2, 0.25) is 0 Å². The molecule has 10 aromatic rings. The molecular weight excluding hydrogens is 569 g/mol. The zero-order valence-corrected chi connectivity index (χ0v) is 25.0. The highest BCUT2D eigenvalue weighted by Crippen LogP contribution is 2.47. The van der Waals surface area contributed by atoms with Crippen LogP contribution in [-0.2, 0) is 0 Å². The third kappa shape index (κ3) is 3.90. The molecule has 47 heavy (non-hydrogen) atoms. The molecule has 0 fully saturated rings. The predicted octanol–water partition coefficient (Wildman–Crippen LogP) is 13.2. The van der Waals surface area contributed by atoms with Crippen LogP contribution in [0.25, 0.3) is 98.4 Å². The summed E-state index contributed by atoms with van der Waals surface area (Å²) in [7, 11) is 0. The van der Waals surface area contributed by atoms with Crippen LogP contribution in [0.4, 0.5) is 0 Å². The van der Waals surface area contributed by atoms with Gasteiger partial charge in [0.1, 0.15) is 11.2 Å². The van der Waals surface area contributed by atoms with Crippen LogP contribution in [0.5, 0.6) is 0 Å². The van der Waals surface area contributed by atoms with Crippen LogP contribution in [0.2, 0.25) is 0 Å². The Morgan fingerprint density at radius 3 is 1.81 bits per heavy atom. The van der Waals surface area contributed by atoms with E-state index in [0.717, 1.165) is 43.4 Å². The summed E-state index contributed by atoms with van der Waals surface area (Å²) in [5.41, 5.74) is 5.66. The Balaban J connectivity index is 1.39. The third-order valence-electron chi connectivity index (χ3n) is 9.39. The molecular formula is C46H28O. The maximum Gasteiger partial charge on any atom is 0.135 e. The van der Waals surface area contributed by atoms with Gasteiger partial charge in [-0.3, -0.25) is 0 Å². The van der Waals surface area contributed by atoms with Crippen molar-refractivity contribution >= 4 is 65.0 Å². The fraction of sp³-hybridized carbons (Fsp3) is 0. The van der Waals surface area contributed by atoms with Gasteiger partial charge < -0.3 is 4.42 Å². The van der Waals surface area contributed by atoms with E-state index in [9.17, 15) is 4.11 Å². The van der Waals surface area contributed by atoms with Crippen molar-refractivity contribution in [1.29, 1.82) is 0 Å². The zero-order valence-electron chi connectivity index (χ0n) is 32.0. The Bertz CT molecular complexity index is 3250. The van der Waals surface area contributed by atoms with Gasteiger partial charge in [0.15, 0.2) is 0 Å². The predicted molar refractivity (Wildman–Crippen MR) is 200 cm³/mol. The second-order valence-corrected chi connectivity index (χ2v) is 11.9. The van der Waals surface area contributed by atoms with Crippen LogP contribution in [0.1, 0.15) is 9.60 Å². The molecule has 0 bridgehead atoms. The number of hydrogen-bond donors (Lipinski definition) is 0. The van der Waals surface area contributed by atoms with Crippen molar-refractivity contribution < 1.29 is 14.0 Å². The second kappa shape index (κ2) is 10.2. The second-order valence-electron chi connectivity index (χ2n) is 11.9. The highest BCUT2D eigenvalue weighted by atomic mass is 16.3. The van der Waals surface area contributed by atoms with Gasteiger partial charge in [0.05, 0.1) is 9.60 Å². The smallest absolute Gasteiger partial charge is 0.135 e. The average molecular weight is 604 g/mol. The first kappa shape index (κ1) is 20.0. The Kier molecular flexibility index (Phi) is 4.34. The van der Waals surface area contributed by atoms with Crippen molar-refractivity contribution in [2.24, 2.45) is 0 Å². The van der Waals surface area contributed by atoms with Gasteiger partial charge in [-0.1, -0.05) is 151 Å². The Labute approximate surface area is 281 Å². The minimum absolute atomic E-state index is 0.146. The lowest BCUT2D eigenvalue weighted by atomic mass is 9.83. The Morgan fingerprint density at radius 1 is 0.362 bits per heavy atom. The monoisotopic (exact) mass is 603 g/mol. The zero-order chi connectivity index (χ0) is 37.0. The summed E-state index contributed by atoms with van der Waals surface area (Å²) in [5.74, 6) is 0. The van der Waals surface area contributed by atoms with Gasteiger partial charge >= 0.3 is 0 Å². The highest BCUT2D eigenvalue weighted by molar-refractivity contribution is 6.25. The molecule has 1 nitrogen and oxygen atoms in total. The topological polar surface area (TPSA) is 13.1 Å². The average Bonchev–Trinajstić information content (AvgIpc) is 3.58. The van der Waals surface area contributed by atoms with E-state index < -0.39 is 0 Å². The fourth-order valence-electron chi connectivity index (χ4n) is 7.35. The molecule has 0 saturated carbocycles. The number of rotatable bonds is 3.